The van der Waals surface area contributed by atoms with E-state index in [1.807, 2.05) is 0 Å². The van der Waals surface area contributed by atoms with Crippen molar-refractivity contribution in [2.45, 2.75) is 26.3 Å². The van der Waals surface area contributed by atoms with Gasteiger partial charge in [0.1, 0.15) is 0 Å². The number of hydrogen-bond acceptors (Lipinski definition) is 3. The zero-order chi connectivity index (χ0) is 11.3. The highest BCUT2D eigenvalue weighted by Gasteiger charge is 2.14. The summed E-state index contributed by atoms with van der Waals surface area (Å²) < 4.78 is 0. The number of amides is 1. The first-order valence-electron chi connectivity index (χ1n) is 4.88. The number of carbonyl (C=O) groups is 2. The molecule has 0 bridgehead atoms. The molecule has 0 fully saturated rings. The van der Waals surface area contributed by atoms with E-state index in [0.717, 1.165) is 0 Å². The molecule has 0 aliphatic heterocycles. The van der Waals surface area contributed by atoms with E-state index in [2.05, 4.69) is 10.3 Å². The van der Waals surface area contributed by atoms with Gasteiger partial charge in [-0.2, -0.15) is 0 Å². The zero-order valence-electron chi connectivity index (χ0n) is 8.86. The molecule has 1 heterocycles. The monoisotopic (exact) mass is 206 g/mol. The van der Waals surface area contributed by atoms with Crippen LogP contribution < -0.4 is 5.32 Å². The van der Waals surface area contributed by atoms with E-state index in [9.17, 15) is 9.59 Å². The smallest absolute Gasteiger partial charge is 0.251 e. The van der Waals surface area contributed by atoms with Crippen LogP contribution >= 0.6 is 0 Å². The lowest BCUT2D eigenvalue weighted by Gasteiger charge is -2.11. The predicted molar refractivity (Wildman–Crippen MR) is 56.5 cm³/mol. The van der Waals surface area contributed by atoms with E-state index >= 15 is 0 Å². The maximum atomic E-state index is 11.6. The Balaban J connectivity index is 2.61. The molecule has 15 heavy (non-hydrogen) atoms. The molecule has 1 atom stereocenters. The number of Topliss-reactive ketones (excluding diaryl/α,β-unsaturated/α-hetero) is 1. The van der Waals surface area contributed by atoms with Crippen LogP contribution in [0.4, 0.5) is 0 Å². The fourth-order valence-electron chi connectivity index (χ4n) is 1.17. The van der Waals surface area contributed by atoms with Crippen molar-refractivity contribution in [1.29, 1.82) is 0 Å². The zero-order valence-corrected chi connectivity index (χ0v) is 8.86. The molecule has 80 valence electrons. The molecule has 0 spiro atoms. The molecule has 0 aliphatic carbocycles. The number of rotatable bonds is 4. The molecule has 1 amide bonds. The van der Waals surface area contributed by atoms with Gasteiger partial charge >= 0.3 is 0 Å². The molecule has 0 aliphatic rings. The summed E-state index contributed by atoms with van der Waals surface area (Å²) in [7, 11) is 0. The van der Waals surface area contributed by atoms with Crippen molar-refractivity contribution in [1.82, 2.24) is 10.3 Å². The van der Waals surface area contributed by atoms with Gasteiger partial charge in [-0.1, -0.05) is 6.92 Å². The van der Waals surface area contributed by atoms with Gasteiger partial charge in [0.2, 0.25) is 0 Å². The molecule has 1 aromatic heterocycles. The number of aromatic nitrogens is 1. The Morgan fingerprint density at radius 3 is 2.53 bits per heavy atom. The van der Waals surface area contributed by atoms with Crippen molar-refractivity contribution in [3.63, 3.8) is 0 Å². The number of nitrogens with zero attached hydrogens (tertiary/aromatic N) is 1. The number of pyridine rings is 1. The fraction of sp³-hybridized carbons (Fsp3) is 0.364. The number of hydrogen-bond donors (Lipinski definition) is 1. The Labute approximate surface area is 88.7 Å². The van der Waals surface area contributed by atoms with Gasteiger partial charge in [-0.3, -0.25) is 14.6 Å². The first kappa shape index (κ1) is 11.4. The Morgan fingerprint density at radius 2 is 2.00 bits per heavy atom. The number of carbonyl (C=O) groups excluding carboxylic acids is 2. The highest BCUT2D eigenvalue weighted by Crippen LogP contribution is 1.98. The normalized spacial score (nSPS) is 11.9. The van der Waals surface area contributed by atoms with Crippen molar-refractivity contribution in [3.05, 3.63) is 30.1 Å². The van der Waals surface area contributed by atoms with Crippen molar-refractivity contribution < 1.29 is 9.59 Å². The van der Waals surface area contributed by atoms with Gasteiger partial charge in [0, 0.05) is 24.4 Å². The van der Waals surface area contributed by atoms with Crippen LogP contribution in [-0.4, -0.2) is 22.7 Å². The summed E-state index contributed by atoms with van der Waals surface area (Å²) >= 11 is 0. The standard InChI is InChI=1S/C11H14N2O2/c1-3-10(14)8(2)13-11(15)9-4-6-12-7-5-9/h4-8H,3H2,1-2H3,(H,13,15). The Kier molecular flexibility index (Phi) is 3.97. The molecular formula is C11H14N2O2. The number of ketones is 1. The fourth-order valence-corrected chi connectivity index (χ4v) is 1.17. The largest absolute Gasteiger partial charge is 0.343 e. The van der Waals surface area contributed by atoms with Crippen LogP contribution in [0.25, 0.3) is 0 Å². The average Bonchev–Trinajstić information content (AvgIpc) is 2.29. The highest BCUT2D eigenvalue weighted by molar-refractivity contribution is 5.97. The first-order valence-corrected chi connectivity index (χ1v) is 4.88. The van der Waals surface area contributed by atoms with Crippen LogP contribution in [0.2, 0.25) is 0 Å². The SMILES string of the molecule is CCC(=O)C(C)NC(=O)c1ccncc1. The van der Waals surface area contributed by atoms with Crippen LogP contribution in [0.5, 0.6) is 0 Å². The van der Waals surface area contributed by atoms with E-state index < -0.39 is 6.04 Å². The van der Waals surface area contributed by atoms with Gasteiger partial charge in [0.05, 0.1) is 6.04 Å². The molecule has 1 aromatic rings. The van der Waals surface area contributed by atoms with Gasteiger partial charge < -0.3 is 5.32 Å². The van der Waals surface area contributed by atoms with E-state index in [-0.39, 0.29) is 11.7 Å². The lowest BCUT2D eigenvalue weighted by molar-refractivity contribution is -0.120. The second kappa shape index (κ2) is 5.24. The molecule has 4 nitrogen and oxygen atoms in total. The van der Waals surface area contributed by atoms with E-state index in [1.165, 1.54) is 0 Å². The minimum Gasteiger partial charge on any atom is -0.343 e. The summed E-state index contributed by atoms with van der Waals surface area (Å²) in [5.41, 5.74) is 0.515. The second-order valence-electron chi connectivity index (χ2n) is 3.25. The van der Waals surface area contributed by atoms with Gasteiger partial charge in [0.15, 0.2) is 5.78 Å². The van der Waals surface area contributed by atoms with Crippen molar-refractivity contribution in [3.8, 4) is 0 Å². The topological polar surface area (TPSA) is 59.1 Å². The summed E-state index contributed by atoms with van der Waals surface area (Å²) in [5.74, 6) is -0.218. The van der Waals surface area contributed by atoms with Gasteiger partial charge in [0.25, 0.3) is 5.91 Å². The molecule has 0 saturated carbocycles. The van der Waals surface area contributed by atoms with E-state index in [0.29, 0.717) is 12.0 Å². The molecule has 0 radical (unpaired) electrons. The Morgan fingerprint density at radius 1 is 1.40 bits per heavy atom. The highest BCUT2D eigenvalue weighted by atomic mass is 16.2. The third kappa shape index (κ3) is 3.16. The molecule has 1 rings (SSSR count). The second-order valence-corrected chi connectivity index (χ2v) is 3.25. The molecule has 1 N–H and O–H groups in total. The van der Waals surface area contributed by atoms with Crippen molar-refractivity contribution in [2.75, 3.05) is 0 Å². The molecule has 1 unspecified atom stereocenters. The molecular weight excluding hydrogens is 192 g/mol. The summed E-state index contributed by atoms with van der Waals surface area (Å²) in [6, 6.07) is 2.78. The Bertz CT molecular complexity index is 349. The Hall–Kier alpha value is -1.71. The van der Waals surface area contributed by atoms with E-state index in [1.54, 1.807) is 38.4 Å². The van der Waals surface area contributed by atoms with Crippen LogP contribution in [0, 0.1) is 0 Å². The predicted octanol–water partition coefficient (Wildman–Crippen LogP) is 1.18. The third-order valence-electron chi connectivity index (χ3n) is 2.12. The van der Waals surface area contributed by atoms with Crippen molar-refractivity contribution >= 4 is 11.7 Å². The maximum Gasteiger partial charge on any atom is 0.251 e. The minimum atomic E-state index is -0.435. The first-order chi connectivity index (χ1) is 7.15. The van der Waals surface area contributed by atoms with Crippen molar-refractivity contribution in [2.24, 2.45) is 0 Å². The van der Waals surface area contributed by atoms with Gasteiger partial charge in [-0.05, 0) is 19.1 Å². The molecule has 0 saturated heterocycles. The number of nitrogens with one attached hydrogen (secondary N) is 1. The third-order valence-corrected chi connectivity index (χ3v) is 2.12. The average molecular weight is 206 g/mol. The summed E-state index contributed by atoms with van der Waals surface area (Å²) in [5, 5.41) is 2.63. The lowest BCUT2D eigenvalue weighted by atomic mass is 10.1. The van der Waals surface area contributed by atoms with Gasteiger partial charge in [-0.25, -0.2) is 0 Å². The van der Waals surface area contributed by atoms with Crippen LogP contribution in [0.15, 0.2) is 24.5 Å². The maximum absolute atomic E-state index is 11.6. The van der Waals surface area contributed by atoms with Crippen LogP contribution in [0.1, 0.15) is 30.6 Å². The molecule has 0 aromatic carbocycles. The lowest BCUT2D eigenvalue weighted by Crippen LogP contribution is -2.38. The minimum absolute atomic E-state index is 0.0254. The quantitative estimate of drug-likeness (QED) is 0.804. The van der Waals surface area contributed by atoms with E-state index in [4.69, 9.17) is 0 Å². The summed E-state index contributed by atoms with van der Waals surface area (Å²) in [6.45, 7) is 3.46. The van der Waals surface area contributed by atoms with Gasteiger partial charge in [-0.15, -0.1) is 0 Å². The van der Waals surface area contributed by atoms with Crippen LogP contribution in [-0.2, 0) is 4.79 Å². The van der Waals surface area contributed by atoms with Crippen LogP contribution in [0.3, 0.4) is 0 Å². The summed E-state index contributed by atoms with van der Waals surface area (Å²) in [6.07, 6.45) is 3.51. The molecule has 4 heteroatoms. The summed E-state index contributed by atoms with van der Waals surface area (Å²) in [4.78, 5) is 26.6.